The Morgan fingerprint density at radius 2 is 1.04 bits per heavy atom. The van der Waals surface area contributed by atoms with Gasteiger partial charge in [-0.05, 0) is 54.6 Å². The highest BCUT2D eigenvalue weighted by molar-refractivity contribution is 6.24. The van der Waals surface area contributed by atoms with Crippen molar-refractivity contribution < 1.29 is 4.42 Å². The number of nitrogens with zero attached hydrogens (tertiary/aromatic N) is 6. The molecular formula is C46H22N6O. The van der Waals surface area contributed by atoms with Crippen molar-refractivity contribution in [2.24, 2.45) is 0 Å². The van der Waals surface area contributed by atoms with Crippen LogP contribution in [0.25, 0.3) is 88.1 Å². The Bertz CT molecular complexity index is 3350. The number of fused-ring (bicyclic) bond motifs is 10. The second-order valence-electron chi connectivity index (χ2n) is 12.9. The average Bonchev–Trinajstić information content (AvgIpc) is 3.87. The summed E-state index contributed by atoms with van der Waals surface area (Å²) in [5, 5.41) is 48.1. The van der Waals surface area contributed by atoms with Crippen molar-refractivity contribution in [1.29, 1.82) is 21.0 Å². The molecular weight excluding hydrogens is 653 g/mol. The molecule has 0 atom stereocenters. The fraction of sp³-hybridized carbons (Fsp3) is 0. The number of aromatic nitrogens is 2. The number of furan rings is 1. The first-order chi connectivity index (χ1) is 26.1. The Kier molecular flexibility index (Phi) is 6.30. The van der Waals surface area contributed by atoms with Gasteiger partial charge in [-0.15, -0.1) is 0 Å². The van der Waals surface area contributed by atoms with E-state index in [9.17, 15) is 21.0 Å². The molecule has 0 aliphatic heterocycles. The minimum absolute atomic E-state index is 0.170. The van der Waals surface area contributed by atoms with E-state index in [0.29, 0.717) is 28.1 Å². The Labute approximate surface area is 301 Å². The molecule has 0 N–H and O–H groups in total. The topological polar surface area (TPSA) is 118 Å². The molecule has 0 radical (unpaired) electrons. The summed E-state index contributed by atoms with van der Waals surface area (Å²) in [6.07, 6.45) is 0. The van der Waals surface area contributed by atoms with E-state index in [4.69, 9.17) is 4.42 Å². The van der Waals surface area contributed by atoms with Crippen molar-refractivity contribution >= 4 is 65.6 Å². The van der Waals surface area contributed by atoms with Gasteiger partial charge in [0.2, 0.25) is 0 Å². The fourth-order valence-electron chi connectivity index (χ4n) is 8.08. The number of para-hydroxylation sites is 4. The fourth-order valence-corrected chi connectivity index (χ4v) is 8.08. The van der Waals surface area contributed by atoms with Gasteiger partial charge in [0.25, 0.3) is 0 Å². The van der Waals surface area contributed by atoms with Crippen molar-refractivity contribution in [3.05, 3.63) is 156 Å². The lowest BCUT2D eigenvalue weighted by Crippen LogP contribution is -2.05. The summed E-state index contributed by atoms with van der Waals surface area (Å²) in [6, 6.07) is 52.1. The molecule has 0 amide bonds. The van der Waals surface area contributed by atoms with E-state index >= 15 is 0 Å². The van der Waals surface area contributed by atoms with Crippen LogP contribution in [0.15, 0.2) is 138 Å². The lowest BCUT2D eigenvalue weighted by atomic mass is 9.92. The average molecular weight is 675 g/mol. The zero-order chi connectivity index (χ0) is 35.8. The monoisotopic (exact) mass is 674 g/mol. The van der Waals surface area contributed by atoms with Crippen molar-refractivity contribution in [3.8, 4) is 46.8 Å². The SMILES string of the molecule is N#Cc1cc(C#N)c(-n2c3ccccc3c3ccccc32)cc1-c1ccc(C#N)c(C#N)c1-n1c2ccccc2c2c3oc4ccccc4c3ccc21. The first-order valence-corrected chi connectivity index (χ1v) is 16.9. The molecule has 0 aliphatic carbocycles. The van der Waals surface area contributed by atoms with Crippen LogP contribution in [0, 0.1) is 45.3 Å². The molecule has 242 valence electrons. The van der Waals surface area contributed by atoms with E-state index in [-0.39, 0.29) is 16.7 Å². The zero-order valence-corrected chi connectivity index (χ0v) is 27.8. The predicted octanol–water partition coefficient (Wildman–Crippen LogP) is 10.9. The van der Waals surface area contributed by atoms with Crippen molar-refractivity contribution in [2.45, 2.75) is 0 Å². The minimum Gasteiger partial charge on any atom is -0.455 e. The van der Waals surface area contributed by atoms with Gasteiger partial charge in [-0.2, -0.15) is 21.0 Å². The molecule has 0 aliphatic rings. The highest BCUT2D eigenvalue weighted by Gasteiger charge is 2.26. The second-order valence-corrected chi connectivity index (χ2v) is 12.9. The molecule has 3 heterocycles. The summed E-state index contributed by atoms with van der Waals surface area (Å²) in [5.74, 6) is 0. The van der Waals surface area contributed by atoms with Gasteiger partial charge in [0, 0.05) is 38.1 Å². The number of benzene rings is 7. The van der Waals surface area contributed by atoms with Gasteiger partial charge in [-0.25, -0.2) is 0 Å². The van der Waals surface area contributed by atoms with Gasteiger partial charge in [0.1, 0.15) is 29.4 Å². The van der Waals surface area contributed by atoms with Gasteiger partial charge >= 0.3 is 0 Å². The highest BCUT2D eigenvalue weighted by atomic mass is 16.3. The van der Waals surface area contributed by atoms with Gasteiger partial charge in [-0.3, -0.25) is 0 Å². The molecule has 0 unspecified atom stereocenters. The molecule has 53 heavy (non-hydrogen) atoms. The molecule has 0 saturated carbocycles. The van der Waals surface area contributed by atoms with E-state index in [0.717, 1.165) is 65.6 Å². The molecule has 0 spiro atoms. The molecule has 10 aromatic rings. The number of hydrogen-bond donors (Lipinski definition) is 0. The smallest absolute Gasteiger partial charge is 0.145 e. The molecule has 7 aromatic carbocycles. The van der Waals surface area contributed by atoms with Crippen molar-refractivity contribution in [3.63, 3.8) is 0 Å². The Hall–Kier alpha value is -8.10. The third-order valence-electron chi connectivity index (χ3n) is 10.3. The maximum absolute atomic E-state index is 10.8. The predicted molar refractivity (Wildman–Crippen MR) is 207 cm³/mol. The normalized spacial score (nSPS) is 11.3. The molecule has 0 fully saturated rings. The first-order valence-electron chi connectivity index (χ1n) is 16.9. The van der Waals surface area contributed by atoms with Crippen LogP contribution >= 0.6 is 0 Å². The van der Waals surface area contributed by atoms with Crippen LogP contribution in [0.2, 0.25) is 0 Å². The van der Waals surface area contributed by atoms with Gasteiger partial charge in [0.15, 0.2) is 0 Å². The molecule has 10 rings (SSSR count). The number of nitriles is 4. The Morgan fingerprint density at radius 1 is 0.434 bits per heavy atom. The van der Waals surface area contributed by atoms with Crippen molar-refractivity contribution in [1.82, 2.24) is 9.13 Å². The van der Waals surface area contributed by atoms with E-state index in [2.05, 4.69) is 41.0 Å². The molecule has 3 aromatic heterocycles. The van der Waals surface area contributed by atoms with E-state index in [1.54, 1.807) is 18.2 Å². The van der Waals surface area contributed by atoms with E-state index < -0.39 is 0 Å². The lowest BCUT2D eigenvalue weighted by Gasteiger charge is -2.19. The molecule has 7 nitrogen and oxygen atoms in total. The Balaban J connectivity index is 1.36. The number of rotatable bonds is 3. The largest absolute Gasteiger partial charge is 0.455 e. The summed E-state index contributed by atoms with van der Waals surface area (Å²) in [7, 11) is 0. The van der Waals surface area contributed by atoms with Crippen LogP contribution in [-0.4, -0.2) is 9.13 Å². The third kappa shape index (κ3) is 4.05. The van der Waals surface area contributed by atoms with Gasteiger partial charge in [0.05, 0.1) is 67.2 Å². The summed E-state index contributed by atoms with van der Waals surface area (Å²) < 4.78 is 10.6. The number of hydrogen-bond acceptors (Lipinski definition) is 5. The lowest BCUT2D eigenvalue weighted by molar-refractivity contribution is 0.673. The maximum atomic E-state index is 10.8. The van der Waals surface area contributed by atoms with Crippen LogP contribution < -0.4 is 0 Å². The van der Waals surface area contributed by atoms with Crippen LogP contribution in [0.4, 0.5) is 0 Å². The minimum atomic E-state index is 0.170. The molecule has 0 bridgehead atoms. The van der Waals surface area contributed by atoms with Crippen LogP contribution in [0.1, 0.15) is 22.3 Å². The van der Waals surface area contributed by atoms with Crippen LogP contribution in [0.3, 0.4) is 0 Å². The maximum Gasteiger partial charge on any atom is 0.145 e. The first kappa shape index (κ1) is 29.8. The quantitative estimate of drug-likeness (QED) is 0.185. The Morgan fingerprint density at radius 3 is 1.70 bits per heavy atom. The molecule has 0 saturated heterocycles. The summed E-state index contributed by atoms with van der Waals surface area (Å²) >= 11 is 0. The highest BCUT2D eigenvalue weighted by Crippen LogP contribution is 2.44. The standard InChI is InChI=1S/C46H22N6O/c47-23-27-17-18-33(36-22-42(29(25-49)21-28(36)24-48)51-38-13-5-1-9-30(38)31-10-2-6-14-39(31)51)45(37(27)26-50)52-40-15-7-3-12-35(40)44-41(52)20-19-34-32-11-4-8-16-43(32)53-46(34)44/h1-22H. The van der Waals surface area contributed by atoms with Crippen LogP contribution in [-0.2, 0) is 0 Å². The zero-order valence-electron chi connectivity index (χ0n) is 27.8. The van der Waals surface area contributed by atoms with Gasteiger partial charge in [-0.1, -0.05) is 78.9 Å². The van der Waals surface area contributed by atoms with E-state index in [1.165, 1.54) is 0 Å². The molecule has 7 heteroatoms. The van der Waals surface area contributed by atoms with Crippen molar-refractivity contribution in [2.75, 3.05) is 0 Å². The summed E-state index contributed by atoms with van der Waals surface area (Å²) in [6.45, 7) is 0. The summed E-state index contributed by atoms with van der Waals surface area (Å²) in [5.41, 5.74) is 8.02. The van der Waals surface area contributed by atoms with Crippen LogP contribution in [0.5, 0.6) is 0 Å². The third-order valence-corrected chi connectivity index (χ3v) is 10.3. The van der Waals surface area contributed by atoms with E-state index in [1.807, 2.05) is 108 Å². The summed E-state index contributed by atoms with van der Waals surface area (Å²) in [4.78, 5) is 0. The van der Waals surface area contributed by atoms with Gasteiger partial charge < -0.3 is 13.6 Å². The second kappa shape index (κ2) is 11.2.